The molecule has 0 bridgehead atoms. The summed E-state index contributed by atoms with van der Waals surface area (Å²) in [5, 5.41) is 0. The highest BCUT2D eigenvalue weighted by atomic mass is 35.5. The highest BCUT2D eigenvalue weighted by Gasteiger charge is 2.14. The Labute approximate surface area is 115 Å². The highest BCUT2D eigenvalue weighted by Crippen LogP contribution is 2.33. The first-order valence-electron chi connectivity index (χ1n) is 6.32. The average Bonchev–Trinajstić information content (AvgIpc) is 2.35. The molecule has 0 saturated heterocycles. The summed E-state index contributed by atoms with van der Waals surface area (Å²) in [4.78, 5) is 0. The van der Waals surface area contributed by atoms with E-state index in [0.29, 0.717) is 19.1 Å². The van der Waals surface area contributed by atoms with Crippen molar-refractivity contribution in [3.63, 3.8) is 0 Å². The van der Waals surface area contributed by atoms with E-state index in [1.165, 1.54) is 0 Å². The molecule has 0 spiro atoms. The Morgan fingerprint density at radius 2 is 1.78 bits per heavy atom. The van der Waals surface area contributed by atoms with Gasteiger partial charge in [0.25, 0.3) is 0 Å². The molecule has 2 rings (SSSR count). The second kappa shape index (κ2) is 6.86. The SMILES string of the molecule is CC(C)CC[C@H](N)c1ccc2c(c1)OCCO2.Cl. The van der Waals surface area contributed by atoms with Crippen LogP contribution in [-0.2, 0) is 0 Å². The number of ether oxygens (including phenoxy) is 2. The molecule has 0 aliphatic carbocycles. The fraction of sp³-hybridized carbons (Fsp3) is 0.571. The van der Waals surface area contributed by atoms with E-state index < -0.39 is 0 Å². The highest BCUT2D eigenvalue weighted by molar-refractivity contribution is 5.85. The number of benzene rings is 1. The summed E-state index contributed by atoms with van der Waals surface area (Å²) in [5.74, 6) is 2.35. The van der Waals surface area contributed by atoms with Crippen molar-refractivity contribution in [3.8, 4) is 11.5 Å². The van der Waals surface area contributed by atoms with Crippen LogP contribution in [0.5, 0.6) is 11.5 Å². The van der Waals surface area contributed by atoms with Crippen LogP contribution in [0, 0.1) is 5.92 Å². The second-order valence-corrected chi connectivity index (χ2v) is 4.98. The third-order valence-electron chi connectivity index (χ3n) is 3.05. The van der Waals surface area contributed by atoms with E-state index in [1.807, 2.05) is 18.2 Å². The largest absolute Gasteiger partial charge is 0.486 e. The molecule has 1 aliphatic rings. The molecule has 4 heteroatoms. The van der Waals surface area contributed by atoms with E-state index >= 15 is 0 Å². The maximum absolute atomic E-state index is 6.18. The monoisotopic (exact) mass is 271 g/mol. The maximum atomic E-state index is 6.18. The second-order valence-electron chi connectivity index (χ2n) is 4.98. The third-order valence-corrected chi connectivity index (χ3v) is 3.05. The summed E-state index contributed by atoms with van der Waals surface area (Å²) >= 11 is 0. The molecule has 1 aromatic rings. The molecule has 0 fully saturated rings. The van der Waals surface area contributed by atoms with Crippen molar-refractivity contribution in [2.24, 2.45) is 11.7 Å². The Balaban J connectivity index is 0.00000162. The quantitative estimate of drug-likeness (QED) is 0.914. The van der Waals surface area contributed by atoms with Crippen molar-refractivity contribution in [2.75, 3.05) is 13.2 Å². The van der Waals surface area contributed by atoms with Gasteiger partial charge in [-0.3, -0.25) is 0 Å². The fourth-order valence-corrected chi connectivity index (χ4v) is 1.97. The van der Waals surface area contributed by atoms with Crippen LogP contribution >= 0.6 is 12.4 Å². The molecule has 0 radical (unpaired) electrons. The molecule has 102 valence electrons. The molecule has 0 unspecified atom stereocenters. The minimum absolute atomic E-state index is 0. The summed E-state index contributed by atoms with van der Waals surface area (Å²) in [7, 11) is 0. The minimum Gasteiger partial charge on any atom is -0.486 e. The summed E-state index contributed by atoms with van der Waals surface area (Å²) < 4.78 is 11.0. The summed E-state index contributed by atoms with van der Waals surface area (Å²) in [6, 6.07) is 6.10. The number of halogens is 1. The van der Waals surface area contributed by atoms with E-state index in [9.17, 15) is 0 Å². The van der Waals surface area contributed by atoms with Gasteiger partial charge in [-0.2, -0.15) is 0 Å². The zero-order valence-electron chi connectivity index (χ0n) is 11.0. The van der Waals surface area contributed by atoms with Crippen LogP contribution in [0.25, 0.3) is 0 Å². The predicted octanol–water partition coefficient (Wildman–Crippen LogP) is 3.32. The van der Waals surface area contributed by atoms with Crippen molar-refractivity contribution in [1.29, 1.82) is 0 Å². The lowest BCUT2D eigenvalue weighted by Gasteiger charge is -2.20. The van der Waals surface area contributed by atoms with E-state index in [2.05, 4.69) is 13.8 Å². The fourth-order valence-electron chi connectivity index (χ4n) is 1.97. The Morgan fingerprint density at radius 1 is 1.11 bits per heavy atom. The van der Waals surface area contributed by atoms with Gasteiger partial charge in [-0.1, -0.05) is 19.9 Å². The van der Waals surface area contributed by atoms with E-state index in [1.54, 1.807) is 0 Å². The maximum Gasteiger partial charge on any atom is 0.161 e. The van der Waals surface area contributed by atoms with Crippen LogP contribution in [-0.4, -0.2) is 13.2 Å². The molecule has 1 aliphatic heterocycles. The zero-order chi connectivity index (χ0) is 12.3. The van der Waals surface area contributed by atoms with Gasteiger partial charge in [0, 0.05) is 6.04 Å². The first-order valence-corrected chi connectivity index (χ1v) is 6.32. The molecule has 3 nitrogen and oxygen atoms in total. The molecule has 18 heavy (non-hydrogen) atoms. The number of fused-ring (bicyclic) bond motifs is 1. The molecule has 1 heterocycles. The van der Waals surface area contributed by atoms with Gasteiger partial charge in [0.05, 0.1) is 0 Å². The van der Waals surface area contributed by atoms with Gasteiger partial charge in [0.15, 0.2) is 11.5 Å². The summed E-state index contributed by atoms with van der Waals surface area (Å²) in [6.45, 7) is 5.69. The molecule has 2 N–H and O–H groups in total. The minimum atomic E-state index is 0. The van der Waals surface area contributed by atoms with Crippen LogP contribution in [0.3, 0.4) is 0 Å². The van der Waals surface area contributed by atoms with Crippen molar-refractivity contribution >= 4 is 12.4 Å². The van der Waals surface area contributed by atoms with E-state index in [4.69, 9.17) is 15.2 Å². The summed E-state index contributed by atoms with van der Waals surface area (Å²) in [6.07, 6.45) is 2.16. The molecule has 1 atom stereocenters. The van der Waals surface area contributed by atoms with Crippen molar-refractivity contribution in [1.82, 2.24) is 0 Å². The standard InChI is InChI=1S/C14H21NO2.ClH/c1-10(2)3-5-12(15)11-4-6-13-14(9-11)17-8-7-16-13;/h4,6,9-10,12H,3,5,7-8,15H2,1-2H3;1H/t12-;/m0./s1. The Bertz CT molecular complexity index is 382. The van der Waals surface area contributed by atoms with Crippen molar-refractivity contribution in [3.05, 3.63) is 23.8 Å². The number of nitrogens with two attached hydrogens (primary N) is 1. The van der Waals surface area contributed by atoms with Crippen molar-refractivity contribution < 1.29 is 9.47 Å². The zero-order valence-corrected chi connectivity index (χ0v) is 11.8. The summed E-state index contributed by atoms with van der Waals surface area (Å²) in [5.41, 5.74) is 7.31. The van der Waals surface area contributed by atoms with Gasteiger partial charge < -0.3 is 15.2 Å². The van der Waals surface area contributed by atoms with E-state index in [0.717, 1.165) is 29.9 Å². The molecular weight excluding hydrogens is 250 g/mol. The van der Waals surface area contributed by atoms with Crippen LogP contribution in [0.2, 0.25) is 0 Å². The van der Waals surface area contributed by atoms with Gasteiger partial charge in [-0.15, -0.1) is 12.4 Å². The third kappa shape index (κ3) is 3.79. The predicted molar refractivity (Wildman–Crippen MR) is 75.7 cm³/mol. The number of rotatable bonds is 4. The Kier molecular flexibility index (Phi) is 5.76. The van der Waals surface area contributed by atoms with Gasteiger partial charge in [0.2, 0.25) is 0 Å². The Hall–Kier alpha value is -0.930. The smallest absolute Gasteiger partial charge is 0.161 e. The normalized spacial score (nSPS) is 15.1. The number of hydrogen-bond acceptors (Lipinski definition) is 3. The molecule has 0 saturated carbocycles. The molecule has 0 amide bonds. The van der Waals surface area contributed by atoms with Gasteiger partial charge in [-0.05, 0) is 36.5 Å². The molecule has 1 aromatic carbocycles. The Morgan fingerprint density at radius 3 is 2.44 bits per heavy atom. The van der Waals surface area contributed by atoms with Gasteiger partial charge in [0.1, 0.15) is 13.2 Å². The van der Waals surface area contributed by atoms with Crippen LogP contribution < -0.4 is 15.2 Å². The molecular formula is C14H22ClNO2. The van der Waals surface area contributed by atoms with E-state index in [-0.39, 0.29) is 18.4 Å². The average molecular weight is 272 g/mol. The lowest BCUT2D eigenvalue weighted by molar-refractivity contribution is 0.171. The molecule has 0 aromatic heterocycles. The van der Waals surface area contributed by atoms with Gasteiger partial charge in [-0.25, -0.2) is 0 Å². The number of hydrogen-bond donors (Lipinski definition) is 1. The van der Waals surface area contributed by atoms with Crippen LogP contribution in [0.1, 0.15) is 38.3 Å². The van der Waals surface area contributed by atoms with Crippen LogP contribution in [0.4, 0.5) is 0 Å². The first-order chi connectivity index (χ1) is 8.16. The first kappa shape index (κ1) is 15.1. The van der Waals surface area contributed by atoms with Crippen LogP contribution in [0.15, 0.2) is 18.2 Å². The van der Waals surface area contributed by atoms with Gasteiger partial charge >= 0.3 is 0 Å². The lowest BCUT2D eigenvalue weighted by Crippen LogP contribution is -2.17. The van der Waals surface area contributed by atoms with Crippen molar-refractivity contribution in [2.45, 2.75) is 32.7 Å². The topological polar surface area (TPSA) is 44.5 Å². The lowest BCUT2D eigenvalue weighted by atomic mass is 9.98.